The highest BCUT2D eigenvalue weighted by atomic mass is 32.2. The van der Waals surface area contributed by atoms with Crippen LogP contribution in [0, 0.1) is 0 Å². The minimum absolute atomic E-state index is 0.0735. The normalized spacial score (nSPS) is 17.1. The number of nitrogens with zero attached hydrogens (tertiary/aromatic N) is 4. The Hall–Kier alpha value is -4.23. The summed E-state index contributed by atoms with van der Waals surface area (Å²) in [6, 6.07) is 12.5. The second kappa shape index (κ2) is 12.7. The van der Waals surface area contributed by atoms with Crippen molar-refractivity contribution in [2.75, 3.05) is 22.0 Å². The zero-order chi connectivity index (χ0) is 29.7. The molecule has 2 heterocycles. The molecule has 0 atom stereocenters. The van der Waals surface area contributed by atoms with Gasteiger partial charge < -0.3 is 25.0 Å². The van der Waals surface area contributed by atoms with E-state index in [-0.39, 0.29) is 17.0 Å². The highest BCUT2D eigenvalue weighted by Gasteiger charge is 2.22. The van der Waals surface area contributed by atoms with E-state index in [0.717, 1.165) is 32.1 Å². The predicted molar refractivity (Wildman–Crippen MR) is 160 cm³/mol. The SMILES string of the molecule is CCCOC(=O)c1ccc(NS(=O)(=O)c2ccc(Nc3nc(N[C@H]4CC[C@H](O)CC4)nc4c3ncn4CC)cc2)cc1. The minimum atomic E-state index is -3.88. The molecule has 0 amide bonds. The highest BCUT2D eigenvalue weighted by molar-refractivity contribution is 7.92. The van der Waals surface area contributed by atoms with Crippen LogP contribution in [0.5, 0.6) is 0 Å². The topological polar surface area (TPSA) is 160 Å². The number of carbonyl (C=O) groups is 1. The molecule has 0 spiro atoms. The van der Waals surface area contributed by atoms with E-state index < -0.39 is 16.0 Å². The quantitative estimate of drug-likeness (QED) is 0.180. The van der Waals surface area contributed by atoms with Crippen molar-refractivity contribution < 1.29 is 23.1 Å². The molecular weight excluding hydrogens is 558 g/mol. The number of sulfonamides is 1. The molecule has 1 fully saturated rings. The first kappa shape index (κ1) is 29.3. The molecule has 0 unspecified atom stereocenters. The van der Waals surface area contributed by atoms with Crippen LogP contribution in [0.4, 0.5) is 23.1 Å². The zero-order valence-electron chi connectivity index (χ0n) is 23.6. The van der Waals surface area contributed by atoms with Crippen LogP contribution >= 0.6 is 0 Å². The molecule has 1 aliphatic rings. The van der Waals surface area contributed by atoms with Gasteiger partial charge in [-0.15, -0.1) is 0 Å². The first-order valence-corrected chi connectivity index (χ1v) is 15.6. The monoisotopic (exact) mass is 593 g/mol. The molecule has 4 N–H and O–H groups in total. The van der Waals surface area contributed by atoms with Gasteiger partial charge in [0.1, 0.15) is 0 Å². The van der Waals surface area contributed by atoms with Crippen LogP contribution in [0.1, 0.15) is 56.3 Å². The van der Waals surface area contributed by atoms with Gasteiger partial charge in [0, 0.05) is 24.0 Å². The maximum atomic E-state index is 13.0. The number of benzene rings is 2. The number of ether oxygens (including phenoxy) is 1. The fraction of sp³-hybridized carbons (Fsp3) is 0.379. The number of aliphatic hydroxyl groups is 1. The van der Waals surface area contributed by atoms with Gasteiger partial charge in [-0.1, -0.05) is 6.92 Å². The molecular formula is C29H35N7O5S. The number of aliphatic hydroxyl groups excluding tert-OH is 1. The van der Waals surface area contributed by atoms with E-state index in [1.165, 1.54) is 36.4 Å². The molecule has 0 bridgehead atoms. The van der Waals surface area contributed by atoms with E-state index >= 15 is 0 Å². The zero-order valence-corrected chi connectivity index (χ0v) is 24.4. The number of fused-ring (bicyclic) bond motifs is 1. The van der Waals surface area contributed by atoms with Crippen LogP contribution in [0.25, 0.3) is 11.2 Å². The van der Waals surface area contributed by atoms with Crippen LogP contribution in [0.2, 0.25) is 0 Å². The summed E-state index contributed by atoms with van der Waals surface area (Å²) >= 11 is 0. The van der Waals surface area contributed by atoms with E-state index in [1.54, 1.807) is 18.5 Å². The molecule has 0 radical (unpaired) electrons. The van der Waals surface area contributed by atoms with Crippen LogP contribution in [0.15, 0.2) is 59.8 Å². The first-order valence-electron chi connectivity index (χ1n) is 14.1. The van der Waals surface area contributed by atoms with Crippen molar-refractivity contribution in [3.8, 4) is 0 Å². The lowest BCUT2D eigenvalue weighted by atomic mass is 9.93. The van der Waals surface area contributed by atoms with E-state index in [2.05, 4.69) is 25.3 Å². The van der Waals surface area contributed by atoms with Gasteiger partial charge in [0.25, 0.3) is 10.0 Å². The van der Waals surface area contributed by atoms with Crippen molar-refractivity contribution in [2.24, 2.45) is 0 Å². The molecule has 42 heavy (non-hydrogen) atoms. The summed E-state index contributed by atoms with van der Waals surface area (Å²) in [5.41, 5.74) is 2.58. The lowest BCUT2D eigenvalue weighted by Gasteiger charge is -2.26. The van der Waals surface area contributed by atoms with Crippen LogP contribution in [0.3, 0.4) is 0 Å². The number of rotatable bonds is 11. The molecule has 222 valence electrons. The van der Waals surface area contributed by atoms with Crippen molar-refractivity contribution >= 4 is 50.3 Å². The molecule has 1 aliphatic carbocycles. The maximum Gasteiger partial charge on any atom is 0.338 e. The Labute approximate surface area is 244 Å². The molecule has 5 rings (SSSR count). The van der Waals surface area contributed by atoms with Crippen molar-refractivity contribution in [3.63, 3.8) is 0 Å². The van der Waals surface area contributed by atoms with Crippen molar-refractivity contribution in [1.29, 1.82) is 0 Å². The third kappa shape index (κ3) is 6.80. The van der Waals surface area contributed by atoms with E-state index in [4.69, 9.17) is 9.72 Å². The average Bonchev–Trinajstić information content (AvgIpc) is 3.41. The highest BCUT2D eigenvalue weighted by Crippen LogP contribution is 2.27. The number of imidazole rings is 1. The number of aromatic nitrogens is 4. The Morgan fingerprint density at radius 1 is 1.00 bits per heavy atom. The lowest BCUT2D eigenvalue weighted by Crippen LogP contribution is -2.29. The van der Waals surface area contributed by atoms with E-state index in [0.29, 0.717) is 53.0 Å². The summed E-state index contributed by atoms with van der Waals surface area (Å²) in [5, 5.41) is 16.5. The maximum absolute atomic E-state index is 13.0. The molecule has 2 aromatic heterocycles. The molecule has 4 aromatic rings. The van der Waals surface area contributed by atoms with Gasteiger partial charge in [-0.05, 0) is 87.6 Å². The molecule has 0 saturated heterocycles. The summed E-state index contributed by atoms with van der Waals surface area (Å²) < 4.78 is 35.6. The Bertz CT molecular complexity index is 1630. The number of nitrogens with one attached hydrogen (secondary N) is 3. The smallest absolute Gasteiger partial charge is 0.338 e. The van der Waals surface area contributed by atoms with Gasteiger partial charge >= 0.3 is 5.97 Å². The summed E-state index contributed by atoms with van der Waals surface area (Å²) in [5.74, 6) is 0.514. The predicted octanol–water partition coefficient (Wildman–Crippen LogP) is 4.67. The molecule has 1 saturated carbocycles. The largest absolute Gasteiger partial charge is 0.462 e. The number of hydrogen-bond acceptors (Lipinski definition) is 10. The van der Waals surface area contributed by atoms with Crippen molar-refractivity contribution in [2.45, 2.75) is 69.5 Å². The summed E-state index contributed by atoms with van der Waals surface area (Å²) in [4.78, 5) is 26.0. The van der Waals surface area contributed by atoms with Crippen LogP contribution in [-0.2, 0) is 21.3 Å². The molecule has 13 heteroatoms. The number of carbonyl (C=O) groups excluding carboxylic acids is 1. The summed E-state index contributed by atoms with van der Waals surface area (Å²) in [6.45, 7) is 4.93. The Morgan fingerprint density at radius 3 is 2.36 bits per heavy atom. The number of esters is 1. The fourth-order valence-electron chi connectivity index (χ4n) is 4.75. The van der Waals surface area contributed by atoms with Crippen molar-refractivity contribution in [3.05, 3.63) is 60.4 Å². The molecule has 12 nitrogen and oxygen atoms in total. The van der Waals surface area contributed by atoms with Gasteiger partial charge in [0.15, 0.2) is 17.0 Å². The third-order valence-electron chi connectivity index (χ3n) is 7.07. The molecule has 2 aromatic carbocycles. The van der Waals surface area contributed by atoms with Crippen LogP contribution < -0.4 is 15.4 Å². The Morgan fingerprint density at radius 2 is 1.69 bits per heavy atom. The van der Waals surface area contributed by atoms with Gasteiger partial charge in [-0.2, -0.15) is 9.97 Å². The number of aryl methyl sites for hydroxylation is 1. The standard InChI is InChI=1S/C29H35N7O5S/c1-3-17-41-28(38)19-5-7-22(8-6-19)35-42(39,40)24-15-11-20(12-16-24)31-26-25-27(36(4-2)18-30-25)34-29(33-26)32-21-9-13-23(37)14-10-21/h5-8,11-12,15-16,18,21,23,35,37H,3-4,9-10,13-14,17H2,1-2H3,(H2,31,32,33,34)/t21-,23-. The fourth-order valence-corrected chi connectivity index (χ4v) is 5.81. The second-order valence-corrected chi connectivity index (χ2v) is 11.9. The minimum Gasteiger partial charge on any atom is -0.462 e. The lowest BCUT2D eigenvalue weighted by molar-refractivity contribution is 0.0505. The third-order valence-corrected chi connectivity index (χ3v) is 8.47. The Balaban J connectivity index is 1.31. The first-order chi connectivity index (χ1) is 20.3. The van der Waals surface area contributed by atoms with E-state index in [1.807, 2.05) is 18.4 Å². The molecule has 0 aliphatic heterocycles. The number of hydrogen-bond donors (Lipinski definition) is 4. The summed E-state index contributed by atoms with van der Waals surface area (Å²) in [6.07, 6.45) is 5.31. The number of anilines is 4. The average molecular weight is 594 g/mol. The van der Waals surface area contributed by atoms with Gasteiger partial charge in [-0.3, -0.25) is 4.72 Å². The van der Waals surface area contributed by atoms with Gasteiger partial charge in [0.2, 0.25) is 5.95 Å². The van der Waals surface area contributed by atoms with Gasteiger partial charge in [0.05, 0.1) is 29.5 Å². The van der Waals surface area contributed by atoms with Gasteiger partial charge in [-0.25, -0.2) is 18.2 Å². The Kier molecular flexibility index (Phi) is 8.88. The summed E-state index contributed by atoms with van der Waals surface area (Å²) in [7, 11) is -3.88. The second-order valence-electron chi connectivity index (χ2n) is 10.2. The van der Waals surface area contributed by atoms with E-state index in [9.17, 15) is 18.3 Å². The van der Waals surface area contributed by atoms with Crippen LogP contribution in [-0.4, -0.2) is 57.8 Å². The van der Waals surface area contributed by atoms with Crippen molar-refractivity contribution in [1.82, 2.24) is 19.5 Å².